The number of amides is 1. The van der Waals surface area contributed by atoms with E-state index in [0.717, 1.165) is 37.1 Å². The van der Waals surface area contributed by atoms with E-state index in [-0.39, 0.29) is 11.9 Å². The summed E-state index contributed by atoms with van der Waals surface area (Å²) in [6, 6.07) is 0.243. The van der Waals surface area contributed by atoms with Gasteiger partial charge < -0.3 is 10.2 Å². The number of halogens is 2. The summed E-state index contributed by atoms with van der Waals surface area (Å²) >= 11 is 12.0. The van der Waals surface area contributed by atoms with Crippen LogP contribution in [-0.2, 0) is 11.2 Å². The van der Waals surface area contributed by atoms with Gasteiger partial charge in [-0.15, -0.1) is 10.2 Å². The second-order valence-corrected chi connectivity index (χ2v) is 6.27. The van der Waals surface area contributed by atoms with Gasteiger partial charge in [-0.25, -0.2) is 0 Å². The first-order chi connectivity index (χ1) is 9.97. The van der Waals surface area contributed by atoms with Crippen LogP contribution in [-0.4, -0.2) is 47.2 Å². The van der Waals surface area contributed by atoms with Crippen molar-refractivity contribution in [2.45, 2.75) is 38.6 Å². The number of nitrogens with one attached hydrogen (secondary N) is 1. The molecule has 0 radical (unpaired) electrons. The van der Waals surface area contributed by atoms with Crippen molar-refractivity contribution in [1.82, 2.24) is 20.4 Å². The van der Waals surface area contributed by atoms with Gasteiger partial charge in [0.15, 0.2) is 10.3 Å². The van der Waals surface area contributed by atoms with Gasteiger partial charge in [0.2, 0.25) is 5.91 Å². The molecule has 5 nitrogen and oxygen atoms in total. The summed E-state index contributed by atoms with van der Waals surface area (Å²) in [6.45, 7) is 3.85. The summed E-state index contributed by atoms with van der Waals surface area (Å²) in [4.78, 5) is 14.3. The van der Waals surface area contributed by atoms with Crippen molar-refractivity contribution in [3.05, 3.63) is 21.4 Å². The molecule has 1 aliphatic heterocycles. The van der Waals surface area contributed by atoms with Crippen molar-refractivity contribution in [3.8, 4) is 0 Å². The van der Waals surface area contributed by atoms with Crippen LogP contribution in [0.5, 0.6) is 0 Å². The lowest BCUT2D eigenvalue weighted by Gasteiger charge is -2.30. The van der Waals surface area contributed by atoms with Crippen molar-refractivity contribution in [1.29, 1.82) is 0 Å². The average Bonchev–Trinajstić information content (AvgIpc) is 2.43. The third kappa shape index (κ3) is 4.53. The molecule has 1 saturated heterocycles. The zero-order valence-corrected chi connectivity index (χ0v) is 13.8. The van der Waals surface area contributed by atoms with Crippen LogP contribution in [0.1, 0.15) is 30.4 Å². The van der Waals surface area contributed by atoms with Crippen molar-refractivity contribution in [2.24, 2.45) is 0 Å². The molecule has 1 atom stereocenters. The van der Waals surface area contributed by atoms with Crippen LogP contribution in [0.2, 0.25) is 10.3 Å². The molecule has 21 heavy (non-hydrogen) atoms. The Bertz CT molecular complexity index is 524. The molecule has 1 amide bonds. The number of nitrogens with zero attached hydrogens (tertiary/aromatic N) is 3. The van der Waals surface area contributed by atoms with Crippen LogP contribution in [0.4, 0.5) is 0 Å². The maximum absolute atomic E-state index is 12.1. The lowest BCUT2D eigenvalue weighted by atomic mass is 10.0. The van der Waals surface area contributed by atoms with Crippen molar-refractivity contribution < 1.29 is 4.79 Å². The molecular weight excluding hydrogens is 311 g/mol. The number of carbonyl (C=O) groups excluding carboxylic acids is 1. The minimum absolute atomic E-state index is 0.0405. The Morgan fingerprint density at radius 3 is 2.81 bits per heavy atom. The molecule has 0 bridgehead atoms. The highest BCUT2D eigenvalue weighted by atomic mass is 35.5. The van der Waals surface area contributed by atoms with E-state index in [9.17, 15) is 4.79 Å². The molecule has 0 unspecified atom stereocenters. The number of likely N-dealkylation sites (N-methyl/N-ethyl adjacent to an activating group) is 1. The highest BCUT2D eigenvalue weighted by molar-refractivity contribution is 6.32. The average molecular weight is 331 g/mol. The summed E-state index contributed by atoms with van der Waals surface area (Å²) in [5.41, 5.74) is 1.59. The third-order valence-electron chi connectivity index (χ3n) is 3.83. The number of likely N-dealkylation sites (tertiary alicyclic amines) is 1. The van der Waals surface area contributed by atoms with E-state index in [1.165, 1.54) is 0 Å². The van der Waals surface area contributed by atoms with E-state index in [1.807, 2.05) is 6.92 Å². The fourth-order valence-corrected chi connectivity index (χ4v) is 3.04. The van der Waals surface area contributed by atoms with Crippen LogP contribution in [0.3, 0.4) is 0 Å². The Morgan fingerprint density at radius 1 is 1.38 bits per heavy atom. The van der Waals surface area contributed by atoms with Gasteiger partial charge in [-0.1, -0.05) is 23.2 Å². The molecule has 116 valence electrons. The summed E-state index contributed by atoms with van der Waals surface area (Å²) in [5, 5.41) is 11.3. The van der Waals surface area contributed by atoms with Gasteiger partial charge in [0, 0.05) is 19.0 Å². The molecular formula is C14H20Cl2N4O. The molecule has 2 rings (SSSR count). The number of piperidine rings is 1. The smallest absolute Gasteiger partial charge is 0.220 e. The van der Waals surface area contributed by atoms with Gasteiger partial charge in [0.25, 0.3) is 0 Å². The van der Waals surface area contributed by atoms with Crippen LogP contribution >= 0.6 is 23.2 Å². The first kappa shape index (κ1) is 16.5. The van der Waals surface area contributed by atoms with E-state index in [1.54, 1.807) is 0 Å². The van der Waals surface area contributed by atoms with Crippen LogP contribution < -0.4 is 5.32 Å². The fourth-order valence-electron chi connectivity index (χ4n) is 2.62. The summed E-state index contributed by atoms with van der Waals surface area (Å²) < 4.78 is 0. The van der Waals surface area contributed by atoms with Crippen LogP contribution in [0, 0.1) is 6.92 Å². The highest BCUT2D eigenvalue weighted by Gasteiger charge is 2.19. The third-order valence-corrected chi connectivity index (χ3v) is 4.49. The number of hydrogen-bond donors (Lipinski definition) is 1. The molecule has 0 spiro atoms. The predicted molar refractivity (Wildman–Crippen MR) is 83.8 cm³/mol. The quantitative estimate of drug-likeness (QED) is 0.919. The molecule has 1 fully saturated rings. The minimum atomic E-state index is 0.0405. The van der Waals surface area contributed by atoms with Crippen LogP contribution in [0.15, 0.2) is 0 Å². The maximum Gasteiger partial charge on any atom is 0.220 e. The summed E-state index contributed by atoms with van der Waals surface area (Å²) in [5.74, 6) is 0.0405. The Labute approximate surface area is 135 Å². The Hall–Kier alpha value is -0.910. The second-order valence-electron chi connectivity index (χ2n) is 5.55. The zero-order chi connectivity index (χ0) is 15.4. The predicted octanol–water partition coefficient (Wildman–Crippen LogP) is 2.23. The van der Waals surface area contributed by atoms with E-state index >= 15 is 0 Å². The fraction of sp³-hybridized carbons (Fsp3) is 0.643. The van der Waals surface area contributed by atoms with E-state index in [4.69, 9.17) is 23.2 Å². The SMILES string of the molecule is Cc1c(Cl)nnc(Cl)c1CCC(=O)N[C@@H]1CCCN(C)C1. The molecule has 1 N–H and O–H groups in total. The lowest BCUT2D eigenvalue weighted by Crippen LogP contribution is -2.46. The normalized spacial score (nSPS) is 19.5. The summed E-state index contributed by atoms with van der Waals surface area (Å²) in [6.07, 6.45) is 3.06. The maximum atomic E-state index is 12.1. The molecule has 2 heterocycles. The zero-order valence-electron chi connectivity index (χ0n) is 12.3. The lowest BCUT2D eigenvalue weighted by molar-refractivity contribution is -0.122. The van der Waals surface area contributed by atoms with Gasteiger partial charge >= 0.3 is 0 Å². The number of aromatic nitrogens is 2. The number of rotatable bonds is 4. The standard InChI is InChI=1S/C14H20Cl2N4O/c1-9-11(14(16)19-18-13(9)15)5-6-12(21)17-10-4-3-7-20(2)8-10/h10H,3-8H2,1-2H3,(H,17,21)/t10-/m1/s1. The first-order valence-electron chi connectivity index (χ1n) is 7.12. The minimum Gasteiger partial charge on any atom is -0.352 e. The van der Waals surface area contributed by atoms with Gasteiger partial charge in [0.1, 0.15) is 0 Å². The van der Waals surface area contributed by atoms with Crippen molar-refractivity contribution in [2.75, 3.05) is 20.1 Å². The van der Waals surface area contributed by atoms with Gasteiger partial charge in [-0.3, -0.25) is 4.79 Å². The molecule has 0 saturated carbocycles. The number of carbonyl (C=O) groups is 1. The van der Waals surface area contributed by atoms with Gasteiger partial charge in [0.05, 0.1) is 0 Å². The van der Waals surface area contributed by atoms with Crippen molar-refractivity contribution in [3.63, 3.8) is 0 Å². The molecule has 7 heteroatoms. The first-order valence-corrected chi connectivity index (χ1v) is 7.88. The van der Waals surface area contributed by atoms with Gasteiger partial charge in [-0.05, 0) is 50.9 Å². The topological polar surface area (TPSA) is 58.1 Å². The monoisotopic (exact) mass is 330 g/mol. The molecule has 1 aliphatic rings. The van der Waals surface area contributed by atoms with Gasteiger partial charge in [-0.2, -0.15) is 0 Å². The second kappa shape index (κ2) is 7.38. The highest BCUT2D eigenvalue weighted by Crippen LogP contribution is 2.23. The molecule has 0 aliphatic carbocycles. The molecule has 0 aromatic carbocycles. The largest absolute Gasteiger partial charge is 0.352 e. The number of hydrogen-bond acceptors (Lipinski definition) is 4. The Balaban J connectivity index is 1.88. The Kier molecular flexibility index (Phi) is 5.79. The Morgan fingerprint density at radius 2 is 2.10 bits per heavy atom. The van der Waals surface area contributed by atoms with E-state index < -0.39 is 0 Å². The molecule has 1 aromatic rings. The van der Waals surface area contributed by atoms with Crippen molar-refractivity contribution >= 4 is 29.1 Å². The van der Waals surface area contributed by atoms with E-state index in [2.05, 4.69) is 27.5 Å². The van der Waals surface area contributed by atoms with Crippen LogP contribution in [0.25, 0.3) is 0 Å². The van der Waals surface area contributed by atoms with E-state index in [0.29, 0.717) is 23.1 Å². The summed E-state index contributed by atoms with van der Waals surface area (Å²) in [7, 11) is 2.08. The molecule has 1 aromatic heterocycles.